The number of urea groups is 1. The Kier molecular flexibility index (Phi) is 6.42. The highest BCUT2D eigenvalue weighted by atomic mass is 16.6. The second-order valence-corrected chi connectivity index (χ2v) is 7.30. The van der Waals surface area contributed by atoms with Gasteiger partial charge in [-0.15, -0.1) is 0 Å². The molecule has 1 saturated heterocycles. The molecule has 3 amide bonds. The first-order chi connectivity index (χ1) is 15.1. The number of amides is 3. The first-order valence-electron chi connectivity index (χ1n) is 10.2. The smallest absolute Gasteiger partial charge is 0.325 e. The molecule has 1 fully saturated rings. The maximum atomic E-state index is 12.3. The van der Waals surface area contributed by atoms with E-state index in [4.69, 9.17) is 14.2 Å². The zero-order valence-corrected chi connectivity index (χ0v) is 17.4. The molecular weight excluding hydrogens is 400 g/mol. The quantitative estimate of drug-likeness (QED) is 0.755. The molecule has 0 aromatic heterocycles. The number of para-hydroxylation sites is 2. The number of rotatable bonds is 5. The number of imide groups is 1. The van der Waals surface area contributed by atoms with Crippen LogP contribution in [-0.4, -0.2) is 69.9 Å². The van der Waals surface area contributed by atoms with E-state index in [0.29, 0.717) is 30.4 Å². The molecule has 0 radical (unpaired) electrons. The highest BCUT2D eigenvalue weighted by molar-refractivity contribution is 6.01. The van der Waals surface area contributed by atoms with Crippen LogP contribution >= 0.6 is 0 Å². The number of fused-ring (bicyclic) bond motifs is 1. The first kappa shape index (κ1) is 20.8. The Hall–Kier alpha value is -3.46. The van der Waals surface area contributed by atoms with Crippen molar-refractivity contribution in [1.82, 2.24) is 10.2 Å². The van der Waals surface area contributed by atoms with Crippen molar-refractivity contribution in [3.05, 3.63) is 42.5 Å². The lowest BCUT2D eigenvalue weighted by atomic mass is 10.2. The Morgan fingerprint density at radius 2 is 1.74 bits per heavy atom. The van der Waals surface area contributed by atoms with Gasteiger partial charge in [-0.25, -0.2) is 4.79 Å². The summed E-state index contributed by atoms with van der Waals surface area (Å²) in [5, 5.41) is 5.03. The van der Waals surface area contributed by atoms with Crippen LogP contribution in [-0.2, 0) is 4.79 Å². The standard InChI is InChI=1S/C22H26N4O5/c1-29-18-5-3-2-4-17(18)26-10-8-25(9-11-26)15-21(27)24-22(28)23-16-6-7-19-20(14-16)31-13-12-30-19/h2-7,14H,8-13,15H2,1H3,(H2,23,24,27,28). The van der Waals surface area contributed by atoms with Crippen molar-refractivity contribution in [2.24, 2.45) is 0 Å². The normalized spacial score (nSPS) is 15.8. The number of nitrogens with one attached hydrogen (secondary N) is 2. The second kappa shape index (κ2) is 9.57. The Labute approximate surface area is 180 Å². The molecule has 4 rings (SSSR count). The van der Waals surface area contributed by atoms with Crippen LogP contribution in [0.5, 0.6) is 17.2 Å². The molecule has 0 spiro atoms. The van der Waals surface area contributed by atoms with Crippen LogP contribution < -0.4 is 29.7 Å². The summed E-state index contributed by atoms with van der Waals surface area (Å²) in [4.78, 5) is 28.8. The summed E-state index contributed by atoms with van der Waals surface area (Å²) in [5.41, 5.74) is 1.58. The number of ether oxygens (including phenoxy) is 3. The van der Waals surface area contributed by atoms with E-state index >= 15 is 0 Å². The molecule has 0 bridgehead atoms. The minimum atomic E-state index is -0.575. The number of carbonyl (C=O) groups excluding carboxylic acids is 2. The fourth-order valence-electron chi connectivity index (χ4n) is 3.69. The monoisotopic (exact) mass is 426 g/mol. The summed E-state index contributed by atoms with van der Waals surface area (Å²) in [6, 6.07) is 12.4. The van der Waals surface area contributed by atoms with E-state index in [1.807, 2.05) is 29.2 Å². The SMILES string of the molecule is COc1ccccc1N1CCN(CC(=O)NC(=O)Nc2ccc3c(c2)OCCO3)CC1. The maximum Gasteiger partial charge on any atom is 0.325 e. The lowest BCUT2D eigenvalue weighted by Crippen LogP contribution is -2.50. The van der Waals surface area contributed by atoms with Crippen LogP contribution in [0.1, 0.15) is 0 Å². The molecule has 2 aromatic carbocycles. The zero-order valence-electron chi connectivity index (χ0n) is 17.4. The average molecular weight is 426 g/mol. The molecule has 0 unspecified atom stereocenters. The van der Waals surface area contributed by atoms with Gasteiger partial charge in [0.15, 0.2) is 11.5 Å². The van der Waals surface area contributed by atoms with Gasteiger partial charge in [-0.2, -0.15) is 0 Å². The molecule has 2 N–H and O–H groups in total. The van der Waals surface area contributed by atoms with Gasteiger partial charge in [-0.3, -0.25) is 15.0 Å². The Bertz CT molecular complexity index is 943. The number of methoxy groups -OCH3 is 1. The zero-order chi connectivity index (χ0) is 21.6. The number of carbonyl (C=O) groups is 2. The van der Waals surface area contributed by atoms with Crippen molar-refractivity contribution < 1.29 is 23.8 Å². The van der Waals surface area contributed by atoms with Gasteiger partial charge in [0.1, 0.15) is 19.0 Å². The van der Waals surface area contributed by atoms with Crippen LogP contribution in [0.25, 0.3) is 0 Å². The first-order valence-corrected chi connectivity index (χ1v) is 10.2. The van der Waals surface area contributed by atoms with Gasteiger partial charge >= 0.3 is 6.03 Å². The molecule has 2 aliphatic rings. The van der Waals surface area contributed by atoms with Gasteiger partial charge in [0, 0.05) is 37.9 Å². The average Bonchev–Trinajstić information content (AvgIpc) is 2.79. The van der Waals surface area contributed by atoms with E-state index in [-0.39, 0.29) is 12.5 Å². The van der Waals surface area contributed by atoms with Crippen molar-refractivity contribution in [2.75, 3.05) is 63.3 Å². The molecule has 2 aromatic rings. The summed E-state index contributed by atoms with van der Waals surface area (Å²) < 4.78 is 16.4. The molecule has 164 valence electrons. The molecule has 9 heteroatoms. The number of piperazine rings is 1. The third-order valence-electron chi connectivity index (χ3n) is 5.22. The van der Waals surface area contributed by atoms with Gasteiger partial charge in [-0.05, 0) is 24.3 Å². The number of benzene rings is 2. The fraction of sp³-hybridized carbons (Fsp3) is 0.364. The van der Waals surface area contributed by atoms with Crippen LogP contribution in [0.15, 0.2) is 42.5 Å². The fourth-order valence-corrected chi connectivity index (χ4v) is 3.69. The van der Waals surface area contributed by atoms with E-state index in [1.165, 1.54) is 0 Å². The van der Waals surface area contributed by atoms with Crippen molar-refractivity contribution in [2.45, 2.75) is 0 Å². The number of anilines is 2. The van der Waals surface area contributed by atoms with Gasteiger partial charge in [0.2, 0.25) is 5.91 Å². The molecule has 0 aliphatic carbocycles. The second-order valence-electron chi connectivity index (χ2n) is 7.30. The Morgan fingerprint density at radius 1 is 1.00 bits per heavy atom. The van der Waals surface area contributed by atoms with Gasteiger partial charge in [0.25, 0.3) is 0 Å². The van der Waals surface area contributed by atoms with Crippen molar-refractivity contribution in [1.29, 1.82) is 0 Å². The lowest BCUT2D eigenvalue weighted by molar-refractivity contribution is -0.121. The number of nitrogens with zero attached hydrogens (tertiary/aromatic N) is 2. The van der Waals surface area contributed by atoms with Gasteiger partial charge < -0.3 is 24.4 Å². The summed E-state index contributed by atoms with van der Waals surface area (Å²) in [6.45, 7) is 4.11. The summed E-state index contributed by atoms with van der Waals surface area (Å²) in [6.07, 6.45) is 0. The molecule has 2 aliphatic heterocycles. The number of hydrogen-bond acceptors (Lipinski definition) is 7. The highest BCUT2D eigenvalue weighted by Gasteiger charge is 2.22. The van der Waals surface area contributed by atoms with Crippen LogP contribution in [0.3, 0.4) is 0 Å². The molecule has 0 atom stereocenters. The molecular formula is C22H26N4O5. The van der Waals surface area contributed by atoms with Crippen molar-refractivity contribution >= 4 is 23.3 Å². The van der Waals surface area contributed by atoms with Gasteiger partial charge in [-0.1, -0.05) is 12.1 Å². The lowest BCUT2D eigenvalue weighted by Gasteiger charge is -2.36. The Morgan fingerprint density at radius 3 is 2.52 bits per heavy atom. The minimum Gasteiger partial charge on any atom is -0.495 e. The van der Waals surface area contributed by atoms with E-state index < -0.39 is 6.03 Å². The molecule has 2 heterocycles. The molecule has 31 heavy (non-hydrogen) atoms. The molecule has 0 saturated carbocycles. The highest BCUT2D eigenvalue weighted by Crippen LogP contribution is 2.32. The third kappa shape index (κ3) is 5.18. The van der Waals surface area contributed by atoms with Crippen LogP contribution in [0.2, 0.25) is 0 Å². The maximum absolute atomic E-state index is 12.3. The summed E-state index contributed by atoms with van der Waals surface area (Å²) in [7, 11) is 1.66. The summed E-state index contributed by atoms with van der Waals surface area (Å²) >= 11 is 0. The van der Waals surface area contributed by atoms with E-state index in [9.17, 15) is 9.59 Å². The van der Waals surface area contributed by atoms with E-state index in [0.717, 1.165) is 37.6 Å². The van der Waals surface area contributed by atoms with Crippen LogP contribution in [0.4, 0.5) is 16.2 Å². The topological polar surface area (TPSA) is 92.4 Å². The third-order valence-corrected chi connectivity index (χ3v) is 5.22. The van der Waals surface area contributed by atoms with Crippen LogP contribution in [0, 0.1) is 0 Å². The summed E-state index contributed by atoms with van der Waals surface area (Å²) in [5.74, 6) is 1.70. The Balaban J connectivity index is 1.23. The minimum absolute atomic E-state index is 0.161. The van der Waals surface area contributed by atoms with Crippen molar-refractivity contribution in [3.8, 4) is 17.2 Å². The van der Waals surface area contributed by atoms with Crippen molar-refractivity contribution in [3.63, 3.8) is 0 Å². The van der Waals surface area contributed by atoms with E-state index in [1.54, 1.807) is 25.3 Å². The van der Waals surface area contributed by atoms with Gasteiger partial charge in [0.05, 0.1) is 19.3 Å². The number of hydrogen-bond donors (Lipinski definition) is 2. The van der Waals surface area contributed by atoms with E-state index in [2.05, 4.69) is 15.5 Å². The molecule has 9 nitrogen and oxygen atoms in total. The predicted molar refractivity (Wildman–Crippen MR) is 116 cm³/mol. The predicted octanol–water partition coefficient (Wildman–Crippen LogP) is 1.94. The largest absolute Gasteiger partial charge is 0.495 e.